The van der Waals surface area contributed by atoms with Crippen LogP contribution in [0.4, 0.5) is 4.39 Å². The number of methoxy groups -OCH3 is 1. The van der Waals surface area contributed by atoms with E-state index in [0.29, 0.717) is 0 Å². The third-order valence-electron chi connectivity index (χ3n) is 1.68. The molecule has 0 aliphatic carbocycles. The van der Waals surface area contributed by atoms with Crippen molar-refractivity contribution in [3.05, 3.63) is 35.9 Å². The van der Waals surface area contributed by atoms with Gasteiger partial charge in [0.25, 0.3) is 0 Å². The van der Waals surface area contributed by atoms with Gasteiger partial charge in [0.05, 0.1) is 13.5 Å². The molecular formula is C11H11FO2. The Hall–Kier alpha value is -1.64. The van der Waals surface area contributed by atoms with E-state index < -0.39 is 6.04 Å². The van der Waals surface area contributed by atoms with Gasteiger partial charge in [-0.05, 0) is 17.7 Å². The van der Waals surface area contributed by atoms with Crippen molar-refractivity contribution in [2.75, 3.05) is 7.11 Å². The zero-order valence-corrected chi connectivity index (χ0v) is 7.87. The van der Waals surface area contributed by atoms with Gasteiger partial charge in [-0.2, -0.15) is 4.39 Å². The molecule has 0 radical (unpaired) electrons. The van der Waals surface area contributed by atoms with E-state index in [1.165, 1.54) is 6.08 Å². The summed E-state index contributed by atoms with van der Waals surface area (Å²) in [5.41, 5.74) is 0.880. The Kier molecular flexibility index (Phi) is 3.85. The largest absolute Gasteiger partial charge is 0.497 e. The van der Waals surface area contributed by atoms with Crippen LogP contribution >= 0.6 is 0 Å². The van der Waals surface area contributed by atoms with E-state index in [4.69, 9.17) is 4.74 Å². The van der Waals surface area contributed by atoms with E-state index >= 15 is 0 Å². The van der Waals surface area contributed by atoms with Crippen molar-refractivity contribution in [2.45, 2.75) is 6.42 Å². The fourth-order valence-corrected chi connectivity index (χ4v) is 1.03. The smallest absolute Gasteiger partial charge is 0.305 e. The van der Waals surface area contributed by atoms with E-state index in [1.54, 1.807) is 19.3 Å². The number of carbonyl (C=O) groups is 1. The van der Waals surface area contributed by atoms with Crippen LogP contribution in [0, 0.1) is 0 Å². The van der Waals surface area contributed by atoms with Gasteiger partial charge >= 0.3 is 6.04 Å². The Labute approximate surface area is 82.0 Å². The predicted octanol–water partition coefficient (Wildman–Crippen LogP) is 2.59. The lowest BCUT2D eigenvalue weighted by atomic mass is 10.2. The second-order valence-electron chi connectivity index (χ2n) is 2.74. The summed E-state index contributed by atoms with van der Waals surface area (Å²) in [5.74, 6) is 0.735. The molecule has 0 saturated carbocycles. The molecule has 0 aliphatic heterocycles. The van der Waals surface area contributed by atoms with Crippen LogP contribution in [0.5, 0.6) is 5.75 Å². The van der Waals surface area contributed by atoms with Crippen molar-refractivity contribution in [1.82, 2.24) is 0 Å². The Bertz CT molecular complexity index is 345. The molecule has 0 heterocycles. The fourth-order valence-electron chi connectivity index (χ4n) is 1.03. The average Bonchev–Trinajstić information content (AvgIpc) is 2.18. The first-order valence-electron chi connectivity index (χ1n) is 4.21. The summed E-state index contributed by atoms with van der Waals surface area (Å²) >= 11 is 0. The number of benzene rings is 1. The molecule has 1 aromatic carbocycles. The second kappa shape index (κ2) is 5.17. The van der Waals surface area contributed by atoms with E-state index in [2.05, 4.69) is 0 Å². The summed E-state index contributed by atoms with van der Waals surface area (Å²) in [6.07, 6.45) is 2.98. The molecule has 0 amide bonds. The molecular weight excluding hydrogens is 183 g/mol. The summed E-state index contributed by atoms with van der Waals surface area (Å²) in [5, 5.41) is 0. The van der Waals surface area contributed by atoms with Gasteiger partial charge in [-0.15, -0.1) is 0 Å². The molecule has 0 N–H and O–H groups in total. The number of ether oxygens (including phenoxy) is 1. The van der Waals surface area contributed by atoms with Gasteiger partial charge in [0, 0.05) is 0 Å². The van der Waals surface area contributed by atoms with Crippen LogP contribution < -0.4 is 4.74 Å². The summed E-state index contributed by atoms with van der Waals surface area (Å²) in [6.45, 7) is 0. The first-order valence-corrected chi connectivity index (χ1v) is 4.21. The Morgan fingerprint density at radius 3 is 3.00 bits per heavy atom. The van der Waals surface area contributed by atoms with Gasteiger partial charge in [-0.25, -0.2) is 0 Å². The molecule has 0 aromatic heterocycles. The SMILES string of the molecule is COc1cccc(/C=C/CC(=O)F)c1. The minimum absolute atomic E-state index is 0.183. The normalized spacial score (nSPS) is 10.4. The lowest BCUT2D eigenvalue weighted by molar-refractivity contribution is -0.128. The third kappa shape index (κ3) is 3.39. The first-order chi connectivity index (χ1) is 6.72. The Balaban J connectivity index is 2.66. The predicted molar refractivity (Wildman–Crippen MR) is 52.8 cm³/mol. The number of hydrogen-bond donors (Lipinski definition) is 0. The van der Waals surface area contributed by atoms with Crippen LogP contribution in [0.3, 0.4) is 0 Å². The lowest BCUT2D eigenvalue weighted by Gasteiger charge is -1.99. The monoisotopic (exact) mass is 194 g/mol. The molecule has 0 bridgehead atoms. The van der Waals surface area contributed by atoms with E-state index in [9.17, 15) is 9.18 Å². The van der Waals surface area contributed by atoms with Crippen LogP contribution in [-0.2, 0) is 4.79 Å². The zero-order valence-electron chi connectivity index (χ0n) is 7.87. The number of carbonyl (C=O) groups excluding carboxylic acids is 1. The summed E-state index contributed by atoms with van der Waals surface area (Å²) in [6, 6.07) is 5.97. The first kappa shape index (κ1) is 10.4. The van der Waals surface area contributed by atoms with Crippen molar-refractivity contribution in [1.29, 1.82) is 0 Å². The molecule has 0 aliphatic rings. The molecule has 3 heteroatoms. The van der Waals surface area contributed by atoms with E-state index in [1.807, 2.05) is 18.2 Å². The summed E-state index contributed by atoms with van der Waals surface area (Å²) < 4.78 is 16.8. The molecule has 1 rings (SSSR count). The second-order valence-corrected chi connectivity index (χ2v) is 2.74. The van der Waals surface area contributed by atoms with Crippen LogP contribution in [0.1, 0.15) is 12.0 Å². The molecule has 0 spiro atoms. The number of halogens is 1. The maximum atomic E-state index is 11.8. The Morgan fingerprint density at radius 1 is 1.57 bits per heavy atom. The maximum absolute atomic E-state index is 11.8. The van der Waals surface area contributed by atoms with Gasteiger partial charge < -0.3 is 4.74 Å². The molecule has 14 heavy (non-hydrogen) atoms. The standard InChI is InChI=1S/C11H11FO2/c1-14-10-6-2-4-9(8-10)5-3-7-11(12)13/h2-6,8H,7H2,1H3/b5-3+. The molecule has 0 saturated heterocycles. The molecule has 74 valence electrons. The highest BCUT2D eigenvalue weighted by Crippen LogP contribution is 2.13. The van der Waals surface area contributed by atoms with Crippen molar-refractivity contribution in [3.8, 4) is 5.75 Å². The van der Waals surface area contributed by atoms with Crippen LogP contribution in [0.15, 0.2) is 30.3 Å². The van der Waals surface area contributed by atoms with Gasteiger partial charge in [0.15, 0.2) is 0 Å². The number of rotatable bonds is 4. The summed E-state index contributed by atoms with van der Waals surface area (Å²) in [4.78, 5) is 10.0. The minimum Gasteiger partial charge on any atom is -0.497 e. The summed E-state index contributed by atoms with van der Waals surface area (Å²) in [7, 11) is 1.58. The molecule has 1 aromatic rings. The van der Waals surface area contributed by atoms with Crippen LogP contribution in [0.2, 0.25) is 0 Å². The van der Waals surface area contributed by atoms with Gasteiger partial charge in [-0.1, -0.05) is 24.3 Å². The van der Waals surface area contributed by atoms with E-state index in [0.717, 1.165) is 11.3 Å². The highest BCUT2D eigenvalue weighted by Gasteiger charge is 1.93. The van der Waals surface area contributed by atoms with Crippen molar-refractivity contribution >= 4 is 12.1 Å². The quantitative estimate of drug-likeness (QED) is 0.688. The van der Waals surface area contributed by atoms with Gasteiger partial charge in [0.2, 0.25) is 0 Å². The van der Waals surface area contributed by atoms with Gasteiger partial charge in [-0.3, -0.25) is 4.79 Å². The maximum Gasteiger partial charge on any atom is 0.305 e. The zero-order chi connectivity index (χ0) is 10.4. The van der Waals surface area contributed by atoms with Crippen molar-refractivity contribution in [3.63, 3.8) is 0 Å². The highest BCUT2D eigenvalue weighted by molar-refractivity contribution is 5.71. The third-order valence-corrected chi connectivity index (χ3v) is 1.68. The topological polar surface area (TPSA) is 26.3 Å². The minimum atomic E-state index is -1.33. The van der Waals surface area contributed by atoms with Crippen LogP contribution in [0.25, 0.3) is 6.08 Å². The van der Waals surface area contributed by atoms with Crippen LogP contribution in [-0.4, -0.2) is 13.1 Å². The fraction of sp³-hybridized carbons (Fsp3) is 0.182. The number of hydrogen-bond acceptors (Lipinski definition) is 2. The molecule has 0 atom stereocenters. The highest BCUT2D eigenvalue weighted by atomic mass is 19.1. The molecule has 2 nitrogen and oxygen atoms in total. The van der Waals surface area contributed by atoms with E-state index in [-0.39, 0.29) is 6.42 Å². The molecule has 0 unspecified atom stereocenters. The van der Waals surface area contributed by atoms with Gasteiger partial charge in [0.1, 0.15) is 5.75 Å². The van der Waals surface area contributed by atoms with Crippen molar-refractivity contribution in [2.24, 2.45) is 0 Å². The average molecular weight is 194 g/mol. The lowest BCUT2D eigenvalue weighted by Crippen LogP contribution is -1.83. The number of allylic oxidation sites excluding steroid dienone is 1. The molecule has 0 fully saturated rings. The Morgan fingerprint density at radius 2 is 2.36 bits per heavy atom. The van der Waals surface area contributed by atoms with Crippen molar-refractivity contribution < 1.29 is 13.9 Å².